The fourth-order valence-electron chi connectivity index (χ4n) is 2.80. The number of amides is 1. The fourth-order valence-corrected chi connectivity index (χ4v) is 2.80. The Labute approximate surface area is 145 Å². The number of ether oxygens (including phenoxy) is 2. The van der Waals surface area contributed by atoms with E-state index in [0.29, 0.717) is 17.9 Å². The molecule has 0 saturated carbocycles. The SMILES string of the molecule is CN(C)C(=O)c1cc(F)c(Oc2cccc3c2CC(C)(C)O3)cc1F. The van der Waals surface area contributed by atoms with Crippen LogP contribution in [0.3, 0.4) is 0 Å². The van der Waals surface area contributed by atoms with E-state index in [1.165, 1.54) is 19.0 Å². The van der Waals surface area contributed by atoms with Crippen LogP contribution < -0.4 is 9.47 Å². The van der Waals surface area contributed by atoms with Crippen molar-refractivity contribution in [2.45, 2.75) is 25.9 Å². The summed E-state index contributed by atoms with van der Waals surface area (Å²) >= 11 is 0. The van der Waals surface area contributed by atoms with E-state index in [1.807, 2.05) is 19.9 Å². The van der Waals surface area contributed by atoms with Gasteiger partial charge < -0.3 is 14.4 Å². The van der Waals surface area contributed by atoms with Crippen molar-refractivity contribution in [1.82, 2.24) is 4.90 Å². The molecule has 3 rings (SSSR count). The zero-order valence-electron chi connectivity index (χ0n) is 14.5. The molecule has 132 valence electrons. The molecule has 1 amide bonds. The molecular formula is C19H19F2NO3. The van der Waals surface area contributed by atoms with Gasteiger partial charge in [-0.25, -0.2) is 8.78 Å². The maximum Gasteiger partial charge on any atom is 0.256 e. The van der Waals surface area contributed by atoms with E-state index >= 15 is 0 Å². The smallest absolute Gasteiger partial charge is 0.256 e. The lowest BCUT2D eigenvalue weighted by atomic mass is 10.0. The Hall–Kier alpha value is -2.63. The molecule has 2 aromatic rings. The van der Waals surface area contributed by atoms with Crippen molar-refractivity contribution in [2.75, 3.05) is 14.1 Å². The van der Waals surface area contributed by atoms with Crippen molar-refractivity contribution in [3.8, 4) is 17.2 Å². The van der Waals surface area contributed by atoms with E-state index in [4.69, 9.17) is 9.47 Å². The molecule has 4 nitrogen and oxygen atoms in total. The Morgan fingerprint density at radius 1 is 1.16 bits per heavy atom. The minimum atomic E-state index is -0.834. The van der Waals surface area contributed by atoms with Gasteiger partial charge in [0.25, 0.3) is 5.91 Å². The second-order valence-corrected chi connectivity index (χ2v) is 6.84. The lowest BCUT2D eigenvalue weighted by Gasteiger charge is -2.16. The molecule has 0 unspecified atom stereocenters. The third-order valence-corrected chi connectivity index (χ3v) is 3.96. The number of carbonyl (C=O) groups is 1. The number of rotatable bonds is 3. The van der Waals surface area contributed by atoms with Crippen molar-refractivity contribution in [2.24, 2.45) is 0 Å². The molecule has 0 aromatic heterocycles. The molecular weight excluding hydrogens is 328 g/mol. The molecule has 0 spiro atoms. The molecule has 0 bridgehead atoms. The van der Waals surface area contributed by atoms with Crippen LogP contribution in [0.1, 0.15) is 29.8 Å². The first-order valence-corrected chi connectivity index (χ1v) is 7.87. The number of nitrogens with zero attached hydrogens (tertiary/aromatic N) is 1. The maximum atomic E-state index is 14.3. The standard InChI is InChI=1S/C19H19F2NO3/c1-19(2)10-12-15(6-5-7-16(12)25-19)24-17-9-13(20)11(8-14(17)21)18(23)22(3)4/h5-9H,10H2,1-4H3. The number of benzene rings is 2. The second kappa shape index (κ2) is 6.02. The Kier molecular flexibility index (Phi) is 4.14. The molecule has 0 fully saturated rings. The normalized spacial score (nSPS) is 14.6. The van der Waals surface area contributed by atoms with Crippen LogP contribution in [0.25, 0.3) is 0 Å². The summed E-state index contributed by atoms with van der Waals surface area (Å²) in [5, 5.41) is 0. The largest absolute Gasteiger partial charge is 0.487 e. The topological polar surface area (TPSA) is 38.8 Å². The monoisotopic (exact) mass is 347 g/mol. The van der Waals surface area contributed by atoms with Gasteiger partial charge in [-0.3, -0.25) is 4.79 Å². The number of hydrogen-bond donors (Lipinski definition) is 0. The van der Waals surface area contributed by atoms with Gasteiger partial charge in [-0.05, 0) is 32.0 Å². The van der Waals surface area contributed by atoms with Crippen LogP contribution in [-0.4, -0.2) is 30.5 Å². The Balaban J connectivity index is 1.95. The maximum absolute atomic E-state index is 14.3. The minimum absolute atomic E-state index is 0.272. The van der Waals surface area contributed by atoms with Gasteiger partial charge in [0, 0.05) is 32.1 Å². The summed E-state index contributed by atoms with van der Waals surface area (Å²) in [6.07, 6.45) is 0.597. The van der Waals surface area contributed by atoms with Gasteiger partial charge in [-0.15, -0.1) is 0 Å². The van der Waals surface area contributed by atoms with Crippen molar-refractivity contribution in [1.29, 1.82) is 0 Å². The van der Waals surface area contributed by atoms with Crippen molar-refractivity contribution in [3.63, 3.8) is 0 Å². The molecule has 0 atom stereocenters. The summed E-state index contributed by atoms with van der Waals surface area (Å²) in [4.78, 5) is 13.1. The summed E-state index contributed by atoms with van der Waals surface area (Å²) in [5.41, 5.74) is 0.0893. The van der Waals surface area contributed by atoms with E-state index in [2.05, 4.69) is 0 Å². The van der Waals surface area contributed by atoms with Crippen LogP contribution in [0.5, 0.6) is 17.2 Å². The van der Waals surface area contributed by atoms with Gasteiger partial charge in [0.15, 0.2) is 11.6 Å². The predicted molar refractivity (Wildman–Crippen MR) is 89.3 cm³/mol. The zero-order chi connectivity index (χ0) is 18.4. The van der Waals surface area contributed by atoms with E-state index in [0.717, 1.165) is 17.7 Å². The number of fused-ring (bicyclic) bond motifs is 1. The minimum Gasteiger partial charge on any atom is -0.487 e. The first-order valence-electron chi connectivity index (χ1n) is 7.87. The zero-order valence-corrected chi connectivity index (χ0v) is 14.5. The lowest BCUT2D eigenvalue weighted by molar-refractivity contribution is 0.0822. The molecule has 2 aromatic carbocycles. The number of carbonyl (C=O) groups excluding carboxylic acids is 1. The van der Waals surface area contributed by atoms with Gasteiger partial charge in [0.2, 0.25) is 0 Å². The van der Waals surface area contributed by atoms with Crippen LogP contribution in [0.15, 0.2) is 30.3 Å². The average Bonchev–Trinajstić information content (AvgIpc) is 2.84. The summed E-state index contributed by atoms with van der Waals surface area (Å²) in [7, 11) is 2.94. The summed E-state index contributed by atoms with van der Waals surface area (Å²) in [6, 6.07) is 6.98. The third kappa shape index (κ3) is 3.29. The highest BCUT2D eigenvalue weighted by atomic mass is 19.1. The average molecular weight is 347 g/mol. The second-order valence-electron chi connectivity index (χ2n) is 6.84. The number of halogens is 2. The Morgan fingerprint density at radius 3 is 2.56 bits per heavy atom. The highest BCUT2D eigenvalue weighted by molar-refractivity contribution is 5.94. The van der Waals surface area contributed by atoms with Gasteiger partial charge in [0.05, 0.1) is 5.56 Å². The summed E-state index contributed by atoms with van der Waals surface area (Å²) in [5.74, 6) is -1.44. The van der Waals surface area contributed by atoms with Gasteiger partial charge in [-0.1, -0.05) is 6.07 Å². The van der Waals surface area contributed by atoms with Crippen LogP contribution in [-0.2, 0) is 6.42 Å². The van der Waals surface area contributed by atoms with Crippen LogP contribution in [0, 0.1) is 11.6 Å². The molecule has 6 heteroatoms. The first-order chi connectivity index (χ1) is 11.7. The first kappa shape index (κ1) is 17.2. The quantitative estimate of drug-likeness (QED) is 0.836. The molecule has 0 saturated heterocycles. The van der Waals surface area contributed by atoms with Crippen molar-refractivity contribution < 1.29 is 23.0 Å². The summed E-state index contributed by atoms with van der Waals surface area (Å²) < 4.78 is 40.0. The predicted octanol–water partition coefficient (Wildman–Crippen LogP) is 4.17. The van der Waals surface area contributed by atoms with Crippen molar-refractivity contribution in [3.05, 3.63) is 53.1 Å². The van der Waals surface area contributed by atoms with Crippen LogP contribution in [0.2, 0.25) is 0 Å². The summed E-state index contributed by atoms with van der Waals surface area (Å²) in [6.45, 7) is 3.89. The van der Waals surface area contributed by atoms with Crippen LogP contribution >= 0.6 is 0 Å². The molecule has 0 aliphatic carbocycles. The van der Waals surface area contributed by atoms with E-state index in [9.17, 15) is 13.6 Å². The molecule has 1 heterocycles. The highest BCUT2D eigenvalue weighted by Gasteiger charge is 2.32. The van der Waals surface area contributed by atoms with Gasteiger partial charge in [0.1, 0.15) is 22.9 Å². The Morgan fingerprint density at radius 2 is 1.88 bits per heavy atom. The molecule has 1 aliphatic rings. The molecule has 25 heavy (non-hydrogen) atoms. The molecule has 1 aliphatic heterocycles. The van der Waals surface area contributed by atoms with Crippen molar-refractivity contribution >= 4 is 5.91 Å². The molecule has 0 N–H and O–H groups in total. The Bertz CT molecular complexity index is 847. The van der Waals surface area contributed by atoms with Gasteiger partial charge in [-0.2, -0.15) is 0 Å². The van der Waals surface area contributed by atoms with Gasteiger partial charge >= 0.3 is 0 Å². The molecule has 0 radical (unpaired) electrons. The van der Waals surface area contributed by atoms with E-state index in [-0.39, 0.29) is 16.9 Å². The lowest BCUT2D eigenvalue weighted by Crippen LogP contribution is -2.24. The van der Waals surface area contributed by atoms with Crippen LogP contribution in [0.4, 0.5) is 8.78 Å². The highest BCUT2D eigenvalue weighted by Crippen LogP contribution is 2.42. The van der Waals surface area contributed by atoms with E-state index < -0.39 is 17.5 Å². The third-order valence-electron chi connectivity index (χ3n) is 3.96. The number of hydrogen-bond acceptors (Lipinski definition) is 3. The van der Waals surface area contributed by atoms with E-state index in [1.54, 1.807) is 12.1 Å². The fraction of sp³-hybridized carbons (Fsp3) is 0.316.